The SMILES string of the molecule is COc1cc(Cn2cccn2)cc2onc(NS(=O)(=O)C3CC3)c12. The highest BCUT2D eigenvalue weighted by atomic mass is 32.2. The molecule has 1 aromatic carbocycles. The number of aromatic nitrogens is 3. The van der Waals surface area contributed by atoms with Crippen LogP contribution in [0.5, 0.6) is 5.75 Å². The molecular formula is C15H16N4O4S. The summed E-state index contributed by atoms with van der Waals surface area (Å²) in [7, 11) is -1.89. The van der Waals surface area contributed by atoms with Gasteiger partial charge >= 0.3 is 0 Å². The van der Waals surface area contributed by atoms with Crippen LogP contribution in [0.3, 0.4) is 0 Å². The molecule has 24 heavy (non-hydrogen) atoms. The summed E-state index contributed by atoms with van der Waals surface area (Å²) in [6.07, 6.45) is 4.91. The van der Waals surface area contributed by atoms with Crippen molar-refractivity contribution >= 4 is 26.8 Å². The van der Waals surface area contributed by atoms with Crippen LogP contribution in [0.2, 0.25) is 0 Å². The number of hydrogen-bond donors (Lipinski definition) is 1. The van der Waals surface area contributed by atoms with Crippen molar-refractivity contribution in [1.29, 1.82) is 0 Å². The molecule has 1 saturated carbocycles. The van der Waals surface area contributed by atoms with Gasteiger partial charge in [0, 0.05) is 12.4 Å². The predicted octanol–water partition coefficient (Wildman–Crippen LogP) is 1.99. The molecule has 3 aromatic rings. The Bertz CT molecular complexity index is 974. The lowest BCUT2D eigenvalue weighted by Gasteiger charge is -2.08. The molecule has 1 N–H and O–H groups in total. The van der Waals surface area contributed by atoms with E-state index in [-0.39, 0.29) is 11.1 Å². The summed E-state index contributed by atoms with van der Waals surface area (Å²) in [4.78, 5) is 0. The van der Waals surface area contributed by atoms with E-state index >= 15 is 0 Å². The van der Waals surface area contributed by atoms with E-state index in [1.54, 1.807) is 10.9 Å². The van der Waals surface area contributed by atoms with Gasteiger partial charge in [-0.15, -0.1) is 0 Å². The van der Waals surface area contributed by atoms with Gasteiger partial charge in [0.15, 0.2) is 11.4 Å². The molecule has 1 fully saturated rings. The molecule has 2 aromatic heterocycles. The molecule has 0 unspecified atom stereocenters. The van der Waals surface area contributed by atoms with Crippen LogP contribution in [0, 0.1) is 0 Å². The number of rotatable bonds is 6. The molecule has 0 saturated heterocycles. The second kappa shape index (κ2) is 5.52. The Morgan fingerprint density at radius 3 is 2.92 bits per heavy atom. The first kappa shape index (κ1) is 15.0. The molecule has 2 heterocycles. The molecule has 9 heteroatoms. The number of sulfonamides is 1. The van der Waals surface area contributed by atoms with Crippen LogP contribution >= 0.6 is 0 Å². The van der Waals surface area contributed by atoms with Crippen LogP contribution in [0.25, 0.3) is 11.0 Å². The fourth-order valence-electron chi connectivity index (χ4n) is 2.59. The van der Waals surface area contributed by atoms with Gasteiger partial charge in [0.2, 0.25) is 10.0 Å². The number of nitrogens with one attached hydrogen (secondary N) is 1. The maximum atomic E-state index is 12.1. The predicted molar refractivity (Wildman–Crippen MR) is 87.5 cm³/mol. The molecule has 4 rings (SSSR count). The summed E-state index contributed by atoms with van der Waals surface area (Å²) in [6, 6.07) is 5.48. The summed E-state index contributed by atoms with van der Waals surface area (Å²) in [5.74, 6) is 0.670. The van der Waals surface area contributed by atoms with Crippen molar-refractivity contribution < 1.29 is 17.7 Å². The first-order chi connectivity index (χ1) is 11.6. The van der Waals surface area contributed by atoms with Crippen molar-refractivity contribution in [2.45, 2.75) is 24.6 Å². The summed E-state index contributed by atoms with van der Waals surface area (Å²) in [6.45, 7) is 0.545. The maximum absolute atomic E-state index is 12.1. The minimum atomic E-state index is -3.42. The Kier molecular flexibility index (Phi) is 3.45. The highest BCUT2D eigenvalue weighted by Crippen LogP contribution is 2.36. The first-order valence-corrected chi connectivity index (χ1v) is 9.07. The van der Waals surface area contributed by atoms with E-state index in [9.17, 15) is 8.42 Å². The Balaban J connectivity index is 1.72. The third-order valence-corrected chi connectivity index (χ3v) is 5.75. The quantitative estimate of drug-likeness (QED) is 0.731. The highest BCUT2D eigenvalue weighted by Gasteiger charge is 2.36. The second-order valence-corrected chi connectivity index (χ2v) is 7.71. The van der Waals surface area contributed by atoms with Crippen LogP contribution < -0.4 is 9.46 Å². The lowest BCUT2D eigenvalue weighted by atomic mass is 10.1. The van der Waals surface area contributed by atoms with Crippen LogP contribution in [-0.4, -0.2) is 35.7 Å². The number of anilines is 1. The Labute approximate surface area is 138 Å². The van der Waals surface area contributed by atoms with Gasteiger partial charge in [0.05, 0.1) is 18.9 Å². The van der Waals surface area contributed by atoms with Crippen molar-refractivity contribution in [3.63, 3.8) is 0 Å². The van der Waals surface area contributed by atoms with Crippen molar-refractivity contribution in [1.82, 2.24) is 14.9 Å². The summed E-state index contributed by atoms with van der Waals surface area (Å²) in [5.41, 5.74) is 1.38. The molecule has 1 aliphatic rings. The highest BCUT2D eigenvalue weighted by molar-refractivity contribution is 7.93. The number of nitrogens with zero attached hydrogens (tertiary/aromatic N) is 3. The minimum absolute atomic E-state index is 0.166. The van der Waals surface area contributed by atoms with E-state index in [0.29, 0.717) is 36.1 Å². The standard InChI is InChI=1S/C15H16N4O4S/c1-22-12-7-10(9-19-6-2-5-16-19)8-13-14(12)15(17-23-13)18-24(20,21)11-3-4-11/h2,5-8,11H,3-4,9H2,1H3,(H,17,18). The molecular weight excluding hydrogens is 332 g/mol. The van der Waals surface area contributed by atoms with Gasteiger partial charge < -0.3 is 9.26 Å². The molecule has 0 radical (unpaired) electrons. The molecule has 1 aliphatic carbocycles. The normalized spacial score (nSPS) is 14.9. The Morgan fingerprint density at radius 2 is 2.25 bits per heavy atom. The lowest BCUT2D eigenvalue weighted by Crippen LogP contribution is -2.17. The number of fused-ring (bicyclic) bond motifs is 1. The van der Waals surface area contributed by atoms with E-state index in [2.05, 4.69) is 15.0 Å². The van der Waals surface area contributed by atoms with Gasteiger partial charge in [-0.05, 0) is 36.6 Å². The third-order valence-electron chi connectivity index (χ3n) is 3.92. The van der Waals surface area contributed by atoms with Crippen LogP contribution in [-0.2, 0) is 16.6 Å². The van der Waals surface area contributed by atoms with Crippen molar-refractivity contribution in [3.05, 3.63) is 36.2 Å². The average molecular weight is 348 g/mol. The number of ether oxygens (including phenoxy) is 1. The third kappa shape index (κ3) is 2.71. The number of benzene rings is 1. The van der Waals surface area contributed by atoms with Crippen molar-refractivity contribution in [3.8, 4) is 5.75 Å². The molecule has 0 bridgehead atoms. The zero-order valence-corrected chi connectivity index (χ0v) is 13.8. The molecule has 8 nitrogen and oxygen atoms in total. The summed E-state index contributed by atoms with van der Waals surface area (Å²) < 4.78 is 39.3. The molecule has 126 valence electrons. The van der Waals surface area contributed by atoms with Gasteiger partial charge in [0.1, 0.15) is 11.1 Å². The van der Waals surface area contributed by atoms with E-state index in [1.807, 2.05) is 24.4 Å². The molecule has 0 spiro atoms. The van der Waals surface area contributed by atoms with Crippen molar-refractivity contribution in [2.75, 3.05) is 11.8 Å². The average Bonchev–Trinajstić information content (AvgIpc) is 3.19. The number of methoxy groups -OCH3 is 1. The first-order valence-electron chi connectivity index (χ1n) is 7.52. The summed E-state index contributed by atoms with van der Waals surface area (Å²) in [5, 5.41) is 8.22. The van der Waals surface area contributed by atoms with Crippen molar-refractivity contribution in [2.24, 2.45) is 0 Å². The Hall–Kier alpha value is -2.55. The zero-order valence-electron chi connectivity index (χ0n) is 13.0. The Morgan fingerprint density at radius 1 is 1.42 bits per heavy atom. The molecule has 0 amide bonds. The van der Waals surface area contributed by atoms with Crippen LogP contribution in [0.1, 0.15) is 18.4 Å². The van der Waals surface area contributed by atoms with E-state index in [4.69, 9.17) is 9.26 Å². The second-order valence-electron chi connectivity index (χ2n) is 5.75. The van der Waals surface area contributed by atoms with Gasteiger partial charge in [-0.1, -0.05) is 5.16 Å². The van der Waals surface area contributed by atoms with E-state index < -0.39 is 10.0 Å². The maximum Gasteiger partial charge on any atom is 0.236 e. The molecule has 0 atom stereocenters. The van der Waals surface area contributed by atoms with E-state index in [0.717, 1.165) is 5.56 Å². The number of hydrogen-bond acceptors (Lipinski definition) is 6. The fourth-order valence-corrected chi connectivity index (χ4v) is 3.92. The van der Waals surface area contributed by atoms with Gasteiger partial charge in [-0.2, -0.15) is 5.10 Å². The minimum Gasteiger partial charge on any atom is -0.496 e. The van der Waals surface area contributed by atoms with Gasteiger partial charge in [0.25, 0.3) is 0 Å². The zero-order chi connectivity index (χ0) is 16.7. The smallest absolute Gasteiger partial charge is 0.236 e. The summed E-state index contributed by atoms with van der Waals surface area (Å²) >= 11 is 0. The van der Waals surface area contributed by atoms with Gasteiger partial charge in [-0.25, -0.2) is 8.42 Å². The van der Waals surface area contributed by atoms with E-state index in [1.165, 1.54) is 7.11 Å². The lowest BCUT2D eigenvalue weighted by molar-refractivity contribution is 0.418. The van der Waals surface area contributed by atoms with Gasteiger partial charge in [-0.3, -0.25) is 9.40 Å². The fraction of sp³-hybridized carbons (Fsp3) is 0.333. The monoisotopic (exact) mass is 348 g/mol. The largest absolute Gasteiger partial charge is 0.496 e. The topological polar surface area (TPSA) is 99.2 Å². The molecule has 0 aliphatic heterocycles. The van der Waals surface area contributed by atoms with Crippen LogP contribution in [0.4, 0.5) is 5.82 Å². The van der Waals surface area contributed by atoms with Crippen LogP contribution in [0.15, 0.2) is 35.1 Å².